The van der Waals surface area contributed by atoms with E-state index in [-0.39, 0.29) is 10.1 Å². The Kier molecular flexibility index (Phi) is 9.51. The van der Waals surface area contributed by atoms with Gasteiger partial charge in [-0.1, -0.05) is 66.3 Å². The van der Waals surface area contributed by atoms with E-state index in [0.717, 1.165) is 18.6 Å². The van der Waals surface area contributed by atoms with Crippen molar-refractivity contribution in [2.45, 2.75) is 91.2 Å². The standard InChI is InChI=1S/C22H44O2Si2/c1-19(15-13-17-23-25(9,10)21(3,4)5)20(2)16-14-18-24-26(11,12)22(6,7)8/h13,15-16H,1,14,17-18H2,2-12H3/b15-13+,20-16+. The van der Waals surface area contributed by atoms with Gasteiger partial charge in [-0.3, -0.25) is 0 Å². The van der Waals surface area contributed by atoms with Gasteiger partial charge in [-0.25, -0.2) is 0 Å². The second kappa shape index (κ2) is 9.67. The molecule has 0 heterocycles. The molecule has 0 aliphatic carbocycles. The number of hydrogen-bond donors (Lipinski definition) is 0. The van der Waals surface area contributed by atoms with E-state index in [1.54, 1.807) is 0 Å². The molecule has 4 heteroatoms. The van der Waals surface area contributed by atoms with Gasteiger partial charge >= 0.3 is 0 Å². The fourth-order valence-electron chi connectivity index (χ4n) is 1.73. The summed E-state index contributed by atoms with van der Waals surface area (Å²) in [6.07, 6.45) is 7.33. The Balaban J connectivity index is 4.41. The molecule has 0 aromatic carbocycles. The molecular weight excluding hydrogens is 352 g/mol. The second-order valence-corrected chi connectivity index (χ2v) is 19.9. The topological polar surface area (TPSA) is 18.5 Å². The van der Waals surface area contributed by atoms with Gasteiger partial charge in [0.1, 0.15) is 0 Å². The molecule has 0 aliphatic rings. The summed E-state index contributed by atoms with van der Waals surface area (Å²) in [7, 11) is -3.31. The van der Waals surface area contributed by atoms with Crippen molar-refractivity contribution in [3.63, 3.8) is 0 Å². The second-order valence-electron chi connectivity index (χ2n) is 10.3. The van der Waals surface area contributed by atoms with Crippen molar-refractivity contribution >= 4 is 16.6 Å². The lowest BCUT2D eigenvalue weighted by Crippen LogP contribution is -2.40. The lowest BCUT2D eigenvalue weighted by molar-refractivity contribution is 0.294. The van der Waals surface area contributed by atoms with Crippen molar-refractivity contribution in [3.8, 4) is 0 Å². The molecule has 0 aliphatic heterocycles. The summed E-state index contributed by atoms with van der Waals surface area (Å²) >= 11 is 0. The Hall–Kier alpha value is -0.426. The fraction of sp³-hybridized carbons (Fsp3) is 0.727. The van der Waals surface area contributed by atoms with Crippen LogP contribution in [0.2, 0.25) is 36.3 Å². The SMILES string of the molecule is C=C(/C=C/CO[Si](C)(C)C(C)(C)C)/C(C)=C/CCO[Si](C)(C)C(C)(C)C. The number of rotatable bonds is 9. The van der Waals surface area contributed by atoms with Gasteiger partial charge in [0.25, 0.3) is 0 Å². The Bertz CT molecular complexity index is 515. The number of hydrogen-bond acceptors (Lipinski definition) is 2. The third-order valence-electron chi connectivity index (χ3n) is 6.01. The summed E-state index contributed by atoms with van der Waals surface area (Å²) in [6, 6.07) is 0. The molecule has 0 saturated heterocycles. The van der Waals surface area contributed by atoms with E-state index < -0.39 is 16.6 Å². The van der Waals surface area contributed by atoms with Gasteiger partial charge in [0.15, 0.2) is 16.6 Å². The first-order valence-electron chi connectivity index (χ1n) is 9.82. The van der Waals surface area contributed by atoms with Crippen molar-refractivity contribution in [2.75, 3.05) is 13.2 Å². The van der Waals surface area contributed by atoms with E-state index in [1.165, 1.54) is 5.57 Å². The molecule has 0 bridgehead atoms. The van der Waals surface area contributed by atoms with Crippen LogP contribution in [0.4, 0.5) is 0 Å². The first-order chi connectivity index (χ1) is 11.5. The first-order valence-corrected chi connectivity index (χ1v) is 15.6. The molecule has 2 nitrogen and oxygen atoms in total. The third-order valence-corrected chi connectivity index (χ3v) is 15.0. The highest BCUT2D eigenvalue weighted by Crippen LogP contribution is 2.37. The molecule has 0 rings (SSSR count). The fourth-order valence-corrected chi connectivity index (χ4v) is 3.74. The molecule has 0 N–H and O–H groups in total. The maximum absolute atomic E-state index is 6.22. The summed E-state index contributed by atoms with van der Waals surface area (Å²) in [5, 5.41) is 0.514. The van der Waals surface area contributed by atoms with Crippen molar-refractivity contribution in [1.82, 2.24) is 0 Å². The highest BCUT2D eigenvalue weighted by Gasteiger charge is 2.37. The van der Waals surface area contributed by atoms with E-state index in [0.29, 0.717) is 6.61 Å². The van der Waals surface area contributed by atoms with E-state index >= 15 is 0 Å². The predicted molar refractivity (Wildman–Crippen MR) is 123 cm³/mol. The largest absolute Gasteiger partial charge is 0.417 e. The quantitative estimate of drug-likeness (QED) is 0.228. The van der Waals surface area contributed by atoms with Crippen LogP contribution < -0.4 is 0 Å². The van der Waals surface area contributed by atoms with E-state index in [4.69, 9.17) is 8.85 Å². The summed E-state index contributed by atoms with van der Waals surface area (Å²) in [6.45, 7) is 30.5. The van der Waals surface area contributed by atoms with Crippen LogP contribution in [0.1, 0.15) is 54.9 Å². The molecule has 152 valence electrons. The zero-order valence-electron chi connectivity index (χ0n) is 19.4. The molecule has 0 unspecified atom stereocenters. The molecule has 0 radical (unpaired) electrons. The average Bonchev–Trinajstić information content (AvgIpc) is 2.45. The Morgan fingerprint density at radius 2 is 1.35 bits per heavy atom. The van der Waals surface area contributed by atoms with Gasteiger partial charge in [-0.2, -0.15) is 0 Å². The monoisotopic (exact) mass is 396 g/mol. The predicted octanol–water partition coefficient (Wildman–Crippen LogP) is 7.48. The van der Waals surface area contributed by atoms with Crippen LogP contribution >= 0.6 is 0 Å². The highest BCUT2D eigenvalue weighted by atomic mass is 28.4. The van der Waals surface area contributed by atoms with Crippen molar-refractivity contribution in [1.29, 1.82) is 0 Å². The lowest BCUT2D eigenvalue weighted by Gasteiger charge is -2.36. The maximum atomic E-state index is 6.22. The molecule has 0 amide bonds. The summed E-state index contributed by atoms with van der Waals surface area (Å²) in [5.41, 5.74) is 2.27. The van der Waals surface area contributed by atoms with Crippen molar-refractivity contribution in [2.24, 2.45) is 0 Å². The van der Waals surface area contributed by atoms with E-state index in [2.05, 4.69) is 99.5 Å². The Labute approximate surface area is 166 Å². The van der Waals surface area contributed by atoms with Crippen LogP contribution in [0.5, 0.6) is 0 Å². The van der Waals surface area contributed by atoms with Crippen LogP contribution in [0.3, 0.4) is 0 Å². The minimum Gasteiger partial charge on any atom is -0.417 e. The van der Waals surface area contributed by atoms with Crippen LogP contribution in [-0.2, 0) is 8.85 Å². The van der Waals surface area contributed by atoms with Gasteiger partial charge in [-0.05, 0) is 60.8 Å². The average molecular weight is 397 g/mol. The minimum absolute atomic E-state index is 0.248. The zero-order valence-corrected chi connectivity index (χ0v) is 21.4. The van der Waals surface area contributed by atoms with Crippen LogP contribution in [-0.4, -0.2) is 29.8 Å². The maximum Gasteiger partial charge on any atom is 0.192 e. The van der Waals surface area contributed by atoms with Gasteiger partial charge < -0.3 is 8.85 Å². The zero-order chi connectivity index (χ0) is 20.8. The van der Waals surface area contributed by atoms with Gasteiger partial charge in [-0.15, -0.1) is 0 Å². The molecule has 0 atom stereocenters. The number of allylic oxidation sites excluding steroid dienone is 3. The summed E-state index contributed by atoms with van der Waals surface area (Å²) in [4.78, 5) is 0. The molecule has 26 heavy (non-hydrogen) atoms. The normalized spacial score (nSPS) is 15.0. The lowest BCUT2D eigenvalue weighted by atomic mass is 10.1. The summed E-state index contributed by atoms with van der Waals surface area (Å²) < 4.78 is 12.4. The Morgan fingerprint density at radius 1 is 0.885 bits per heavy atom. The van der Waals surface area contributed by atoms with Gasteiger partial charge in [0.05, 0.1) is 6.61 Å². The van der Waals surface area contributed by atoms with E-state index in [9.17, 15) is 0 Å². The van der Waals surface area contributed by atoms with Crippen molar-refractivity contribution in [3.05, 3.63) is 36.0 Å². The van der Waals surface area contributed by atoms with Crippen LogP contribution in [0.15, 0.2) is 36.0 Å². The molecule has 0 saturated carbocycles. The first kappa shape index (κ1) is 25.6. The summed E-state index contributed by atoms with van der Waals surface area (Å²) in [5.74, 6) is 0. The minimum atomic E-state index is -1.67. The Morgan fingerprint density at radius 3 is 1.81 bits per heavy atom. The smallest absolute Gasteiger partial charge is 0.192 e. The molecule has 0 aromatic rings. The van der Waals surface area contributed by atoms with Crippen LogP contribution in [0.25, 0.3) is 0 Å². The van der Waals surface area contributed by atoms with Crippen molar-refractivity contribution < 1.29 is 8.85 Å². The highest BCUT2D eigenvalue weighted by molar-refractivity contribution is 6.74. The third kappa shape index (κ3) is 8.51. The van der Waals surface area contributed by atoms with E-state index in [1.807, 2.05) is 0 Å². The molecule has 0 fully saturated rings. The molecule has 0 spiro atoms. The molecule has 0 aromatic heterocycles. The van der Waals surface area contributed by atoms with Gasteiger partial charge in [0, 0.05) is 6.61 Å². The molecular formula is C22H44O2Si2. The van der Waals surface area contributed by atoms with Crippen LogP contribution in [0, 0.1) is 0 Å². The van der Waals surface area contributed by atoms with Gasteiger partial charge in [0.2, 0.25) is 0 Å².